The highest BCUT2D eigenvalue weighted by Gasteiger charge is 2.31. The van der Waals surface area contributed by atoms with E-state index in [0.29, 0.717) is 11.8 Å². The van der Waals surface area contributed by atoms with Gasteiger partial charge in [-0.1, -0.05) is 269 Å². The van der Waals surface area contributed by atoms with Gasteiger partial charge in [-0.2, -0.15) is 0 Å². The van der Waals surface area contributed by atoms with E-state index >= 15 is 0 Å². The number of hydrogen-bond donors (Lipinski definition) is 0. The first-order valence-electron chi connectivity index (χ1n) is 36.7. The van der Waals surface area contributed by atoms with Gasteiger partial charge in [0, 0.05) is 86.2 Å². The minimum atomic E-state index is 0.0260. The molecule has 0 amide bonds. The highest BCUT2D eigenvalue weighted by molar-refractivity contribution is 6.36. The molecule has 0 aliphatic rings. The molecule has 22 rings (SSSR count). The fourth-order valence-corrected chi connectivity index (χ4v) is 18.9. The first kappa shape index (κ1) is 58.1. The Labute approximate surface area is 590 Å². The summed E-state index contributed by atoms with van der Waals surface area (Å²) >= 11 is 0. The molecule has 0 spiro atoms. The maximum absolute atomic E-state index is 2.66. The Morgan fingerprint density at radius 3 is 0.902 bits per heavy atom. The van der Waals surface area contributed by atoms with E-state index in [1.54, 1.807) is 0 Å². The van der Waals surface area contributed by atoms with Crippen molar-refractivity contribution in [3.05, 3.63) is 277 Å². The molecule has 0 saturated heterocycles. The van der Waals surface area contributed by atoms with Gasteiger partial charge in [0.15, 0.2) is 0 Å². The molecule has 0 saturated carbocycles. The number of hydrogen-bond acceptors (Lipinski definition) is 0. The van der Waals surface area contributed by atoms with E-state index in [2.05, 4.69) is 342 Å². The van der Waals surface area contributed by atoms with Crippen LogP contribution in [0.4, 0.5) is 0 Å². The summed E-state index contributed by atoms with van der Waals surface area (Å²) in [6.07, 6.45) is 0. The molecule has 4 nitrogen and oxygen atoms in total. The predicted octanol–water partition coefficient (Wildman–Crippen LogP) is 27.5. The number of aromatic nitrogens is 4. The molecule has 0 unspecified atom stereocenters. The van der Waals surface area contributed by atoms with Crippen LogP contribution in [0.15, 0.2) is 255 Å². The van der Waals surface area contributed by atoms with Crippen LogP contribution in [0.1, 0.15) is 103 Å². The first-order chi connectivity index (χ1) is 49.5. The molecule has 0 bridgehead atoms. The number of nitrogens with zero attached hydrogens (tertiary/aromatic N) is 4. The quantitative estimate of drug-likeness (QED) is 0.151. The minimum Gasteiger partial charge on any atom is -0.308 e. The fourth-order valence-electron chi connectivity index (χ4n) is 18.9. The molecule has 102 heavy (non-hydrogen) atoms. The first-order valence-corrected chi connectivity index (χ1v) is 36.7. The average Bonchev–Trinajstić information content (AvgIpc) is 1.52. The van der Waals surface area contributed by atoms with Crippen LogP contribution in [0, 0.1) is 0 Å². The van der Waals surface area contributed by atoms with Crippen molar-refractivity contribution in [3.63, 3.8) is 0 Å². The summed E-state index contributed by atoms with van der Waals surface area (Å²) in [6, 6.07) is 99.6. The van der Waals surface area contributed by atoms with Crippen LogP contribution in [0.25, 0.3) is 208 Å². The van der Waals surface area contributed by atoms with Crippen molar-refractivity contribution in [2.75, 3.05) is 0 Å². The van der Waals surface area contributed by atoms with Gasteiger partial charge in [-0.25, -0.2) is 0 Å². The third kappa shape index (κ3) is 7.61. The van der Waals surface area contributed by atoms with Crippen LogP contribution < -0.4 is 0 Å². The van der Waals surface area contributed by atoms with Crippen LogP contribution in [-0.4, -0.2) is 17.6 Å². The summed E-state index contributed by atoms with van der Waals surface area (Å²) < 4.78 is 10.5. The topological polar surface area (TPSA) is 17.6 Å². The van der Waals surface area contributed by atoms with Gasteiger partial charge in [-0.3, -0.25) is 0 Å². The van der Waals surface area contributed by atoms with E-state index in [0.717, 1.165) is 0 Å². The van der Waals surface area contributed by atoms with E-state index in [-0.39, 0.29) is 10.8 Å². The standard InChI is InChI=1S/C98H74N4/c1-53(2)55-23-27-57(28-24-55)64-41-44-68-78-51-87-79(52-86(78)100-81-21-15-12-18-71(81)88(64)94(68)100)92-75(48-74(60-29-25-56(26-30-60)54(3)4)91-72-19-13-16-22-82(72)101(87)96(91)92)61-35-40-73-83(47-61)102-85-50-76-67-45-42-65(58-31-36-62(37-32-58)97(5,6)7)89-70-17-11-14-20-80(70)99(93(67)89)84(76)49-77(85)69-46-43-66(90(73)95(69)102)59-33-38-63(39-34-59)98(8,9)10/h11-54H,1-10H3. The molecule has 0 N–H and O–H groups in total. The fraction of sp³-hybridized carbons (Fsp3) is 0.143. The zero-order valence-corrected chi connectivity index (χ0v) is 59.2. The Morgan fingerprint density at radius 1 is 0.216 bits per heavy atom. The summed E-state index contributed by atoms with van der Waals surface area (Å²) in [6.45, 7) is 23.0. The third-order valence-corrected chi connectivity index (χ3v) is 24.0. The van der Waals surface area contributed by atoms with Gasteiger partial charge in [0.2, 0.25) is 0 Å². The lowest BCUT2D eigenvalue weighted by Crippen LogP contribution is -2.10. The molecule has 486 valence electrons. The van der Waals surface area contributed by atoms with Crippen LogP contribution in [0.3, 0.4) is 0 Å². The SMILES string of the molecule is CC(C)c1ccc(-c2ccc3c4cc5c(cc4n4c6ccccc6c2c34)c2c(-c3ccc4c6c(-c7ccc(C(C)(C)C)cc7)ccc7c8cc9c(cc8n(c4c3)c76)c3ccc(-c4ccc(C(C)(C)C)cc4)c4c6ccccc6n9c34)cc(-c3ccc(C(C)C)cc3)c3c4ccccc4n5c32)cc1. The van der Waals surface area contributed by atoms with Gasteiger partial charge in [-0.15, -0.1) is 0 Å². The molecule has 0 fully saturated rings. The summed E-state index contributed by atoms with van der Waals surface area (Å²) in [7, 11) is 0. The van der Waals surface area contributed by atoms with E-state index < -0.39 is 0 Å². The second kappa shape index (κ2) is 20.1. The van der Waals surface area contributed by atoms with E-state index in [9.17, 15) is 0 Å². The number of fused-ring (bicyclic) bond motifs is 24. The van der Waals surface area contributed by atoms with Crippen molar-refractivity contribution in [2.24, 2.45) is 0 Å². The van der Waals surface area contributed by atoms with Crippen molar-refractivity contribution in [1.29, 1.82) is 0 Å². The number of para-hydroxylation sites is 3. The molecule has 4 heteroatoms. The van der Waals surface area contributed by atoms with Crippen molar-refractivity contribution < 1.29 is 0 Å². The second-order valence-corrected chi connectivity index (χ2v) is 32.3. The molecule has 22 aromatic rings. The molecule has 0 aliphatic carbocycles. The monoisotopic (exact) mass is 1310 g/mol. The Balaban J connectivity index is 0.853. The summed E-state index contributed by atoms with van der Waals surface area (Å²) in [5.41, 5.74) is 32.8. The summed E-state index contributed by atoms with van der Waals surface area (Å²) in [5, 5.41) is 20.4. The second-order valence-electron chi connectivity index (χ2n) is 32.3. The summed E-state index contributed by atoms with van der Waals surface area (Å²) in [5.74, 6) is 0.873. The minimum absolute atomic E-state index is 0.0260. The van der Waals surface area contributed by atoms with Gasteiger partial charge in [0.25, 0.3) is 0 Å². The smallest absolute Gasteiger partial charge is 0.0633 e. The lowest BCUT2D eigenvalue weighted by Gasteiger charge is -2.19. The zero-order valence-electron chi connectivity index (χ0n) is 59.2. The Hall–Kier alpha value is -11.7. The van der Waals surface area contributed by atoms with Gasteiger partial charge < -0.3 is 17.6 Å². The molecular formula is C98H74N4. The van der Waals surface area contributed by atoms with Crippen LogP contribution in [0.5, 0.6) is 0 Å². The Kier molecular flexibility index (Phi) is 11.4. The van der Waals surface area contributed by atoms with Gasteiger partial charge in [0.05, 0.1) is 66.2 Å². The van der Waals surface area contributed by atoms with Gasteiger partial charge in [0.1, 0.15) is 0 Å². The Morgan fingerprint density at radius 2 is 0.500 bits per heavy atom. The van der Waals surface area contributed by atoms with Gasteiger partial charge in [-0.05, 0) is 155 Å². The molecule has 8 heterocycles. The summed E-state index contributed by atoms with van der Waals surface area (Å²) in [4.78, 5) is 0. The third-order valence-electron chi connectivity index (χ3n) is 24.0. The molecule has 0 radical (unpaired) electrons. The van der Waals surface area contributed by atoms with Gasteiger partial charge >= 0.3 is 0 Å². The van der Waals surface area contributed by atoms with Crippen molar-refractivity contribution in [3.8, 4) is 55.6 Å². The molecule has 8 aromatic heterocycles. The van der Waals surface area contributed by atoms with Crippen molar-refractivity contribution >= 4 is 152 Å². The average molecular weight is 1310 g/mol. The van der Waals surface area contributed by atoms with E-state index in [1.807, 2.05) is 0 Å². The predicted molar refractivity (Wildman–Crippen MR) is 438 cm³/mol. The lowest BCUT2D eigenvalue weighted by atomic mass is 9.86. The number of rotatable bonds is 7. The maximum Gasteiger partial charge on any atom is 0.0633 e. The van der Waals surface area contributed by atoms with E-state index in [1.165, 1.54) is 230 Å². The molecule has 0 aliphatic heterocycles. The van der Waals surface area contributed by atoms with Crippen molar-refractivity contribution in [2.45, 2.75) is 91.9 Å². The maximum atomic E-state index is 2.66. The largest absolute Gasteiger partial charge is 0.308 e. The van der Waals surface area contributed by atoms with Crippen LogP contribution >= 0.6 is 0 Å². The molecule has 0 atom stereocenters. The Bertz CT molecular complexity index is 7310. The van der Waals surface area contributed by atoms with Crippen LogP contribution in [-0.2, 0) is 10.8 Å². The highest BCUT2D eigenvalue weighted by Crippen LogP contribution is 2.54. The molecule has 14 aromatic carbocycles. The zero-order chi connectivity index (χ0) is 68.4. The van der Waals surface area contributed by atoms with Crippen molar-refractivity contribution in [1.82, 2.24) is 17.6 Å². The van der Waals surface area contributed by atoms with E-state index in [4.69, 9.17) is 0 Å². The normalized spacial score (nSPS) is 13.2. The lowest BCUT2D eigenvalue weighted by molar-refractivity contribution is 0.590. The highest BCUT2D eigenvalue weighted by atomic mass is 15.0. The van der Waals surface area contributed by atoms with Crippen LogP contribution in [0.2, 0.25) is 0 Å². The number of benzene rings is 14. The molecular weight excluding hydrogens is 1230 g/mol.